The summed E-state index contributed by atoms with van der Waals surface area (Å²) in [6.45, 7) is 7.08. The second-order valence-electron chi connectivity index (χ2n) is 8.90. The number of carbonyl (C=O) groups excluding carboxylic acids is 3. The minimum Gasteiger partial charge on any atom is -0.454 e. The molecule has 0 radical (unpaired) electrons. The lowest BCUT2D eigenvalue weighted by Gasteiger charge is -2.33. The summed E-state index contributed by atoms with van der Waals surface area (Å²) >= 11 is 6.28. The Kier molecular flexibility index (Phi) is 8.15. The Morgan fingerprint density at radius 2 is 1.69 bits per heavy atom. The average Bonchev–Trinajstić information content (AvgIpc) is 3.53. The van der Waals surface area contributed by atoms with Crippen LogP contribution in [0.15, 0.2) is 59.1 Å². The molecule has 0 N–H and O–H groups in total. The molecule has 4 rings (SSSR count). The molecule has 0 aliphatic carbocycles. The third-order valence-electron chi connectivity index (χ3n) is 6.37. The zero-order valence-corrected chi connectivity index (χ0v) is 21.4. The Hall–Kier alpha value is -3.52. The number of piperazine rings is 1. The van der Waals surface area contributed by atoms with Crippen molar-refractivity contribution in [1.29, 1.82) is 0 Å². The van der Waals surface area contributed by atoms with Crippen molar-refractivity contribution >= 4 is 29.3 Å². The van der Waals surface area contributed by atoms with Crippen molar-refractivity contribution in [3.63, 3.8) is 0 Å². The quantitative estimate of drug-likeness (QED) is 0.456. The number of carbonyl (C=O) groups is 3. The van der Waals surface area contributed by atoms with Crippen molar-refractivity contribution < 1.29 is 18.8 Å². The van der Waals surface area contributed by atoms with Crippen molar-refractivity contribution in [2.45, 2.75) is 33.4 Å². The van der Waals surface area contributed by atoms with E-state index in [9.17, 15) is 14.4 Å². The average molecular weight is 511 g/mol. The van der Waals surface area contributed by atoms with E-state index in [1.54, 1.807) is 39.8 Å². The highest BCUT2D eigenvalue weighted by molar-refractivity contribution is 6.33. The van der Waals surface area contributed by atoms with Gasteiger partial charge in [0.25, 0.3) is 11.8 Å². The van der Waals surface area contributed by atoms with Crippen LogP contribution >= 0.6 is 11.6 Å². The largest absolute Gasteiger partial charge is 0.454 e. The second-order valence-corrected chi connectivity index (χ2v) is 9.31. The van der Waals surface area contributed by atoms with Gasteiger partial charge in [0.2, 0.25) is 5.91 Å². The Morgan fingerprint density at radius 3 is 2.39 bits per heavy atom. The second kappa shape index (κ2) is 11.5. The first-order valence-electron chi connectivity index (χ1n) is 12.2. The van der Waals surface area contributed by atoms with E-state index in [4.69, 9.17) is 16.0 Å². The number of amides is 3. The van der Waals surface area contributed by atoms with E-state index in [1.165, 1.54) is 0 Å². The maximum Gasteiger partial charge on any atom is 0.289 e. The van der Waals surface area contributed by atoms with E-state index in [1.807, 2.05) is 48.0 Å². The monoisotopic (exact) mass is 510 g/mol. The zero-order valence-electron chi connectivity index (χ0n) is 20.7. The molecule has 0 atom stereocenters. The standard InChI is InChI=1S/C27H31ClN4O4/c1-3-12-32(26(34)23-8-4-5-9-24(23)28)18-21-7-6-13-31(21)19-22-10-11-25(36-22)27(35)30-16-14-29(15-17-30)20(2)33/h4-11,13H,3,12,14-19H2,1-2H3. The van der Waals surface area contributed by atoms with Crippen LogP contribution in [0.3, 0.4) is 0 Å². The van der Waals surface area contributed by atoms with Crippen LogP contribution in [0.2, 0.25) is 5.02 Å². The van der Waals surface area contributed by atoms with Crippen LogP contribution in [0, 0.1) is 0 Å². The minimum absolute atomic E-state index is 0.0241. The van der Waals surface area contributed by atoms with Crippen LogP contribution in [0.1, 0.15) is 52.6 Å². The van der Waals surface area contributed by atoms with Gasteiger partial charge in [0, 0.05) is 51.5 Å². The lowest BCUT2D eigenvalue weighted by molar-refractivity contribution is -0.130. The first-order chi connectivity index (χ1) is 17.4. The molecule has 1 saturated heterocycles. The molecule has 0 saturated carbocycles. The molecule has 2 aromatic heterocycles. The van der Waals surface area contributed by atoms with Crippen LogP contribution in [0.25, 0.3) is 0 Å². The number of halogens is 1. The highest BCUT2D eigenvalue weighted by Crippen LogP contribution is 2.20. The Bertz CT molecular complexity index is 1230. The molecule has 1 aliphatic rings. The van der Waals surface area contributed by atoms with Crippen molar-refractivity contribution in [3.05, 3.63) is 82.5 Å². The maximum atomic E-state index is 13.2. The summed E-state index contributed by atoms with van der Waals surface area (Å²) in [5, 5.41) is 0.439. The first kappa shape index (κ1) is 25.6. The smallest absolute Gasteiger partial charge is 0.289 e. The maximum absolute atomic E-state index is 13.2. The normalized spacial score (nSPS) is 13.6. The van der Waals surface area contributed by atoms with Crippen LogP contribution in [-0.2, 0) is 17.9 Å². The van der Waals surface area contributed by atoms with Gasteiger partial charge in [-0.25, -0.2) is 0 Å². The molecule has 0 bridgehead atoms. The molecular formula is C27H31ClN4O4. The number of hydrogen-bond donors (Lipinski definition) is 0. The van der Waals surface area contributed by atoms with Gasteiger partial charge in [0.1, 0.15) is 5.76 Å². The number of furan rings is 1. The lowest BCUT2D eigenvalue weighted by atomic mass is 10.2. The molecule has 3 aromatic rings. The lowest BCUT2D eigenvalue weighted by Crippen LogP contribution is -2.50. The zero-order chi connectivity index (χ0) is 25.7. The Morgan fingerprint density at radius 1 is 0.972 bits per heavy atom. The molecule has 1 aromatic carbocycles. The summed E-state index contributed by atoms with van der Waals surface area (Å²) < 4.78 is 7.91. The summed E-state index contributed by atoms with van der Waals surface area (Å²) in [6.07, 6.45) is 2.76. The fraction of sp³-hybridized carbons (Fsp3) is 0.370. The predicted octanol–water partition coefficient (Wildman–Crippen LogP) is 4.14. The van der Waals surface area contributed by atoms with E-state index in [-0.39, 0.29) is 23.5 Å². The van der Waals surface area contributed by atoms with Crippen molar-refractivity contribution in [1.82, 2.24) is 19.3 Å². The number of aromatic nitrogens is 1. The third kappa shape index (κ3) is 5.82. The molecule has 9 heteroatoms. The predicted molar refractivity (Wildman–Crippen MR) is 137 cm³/mol. The van der Waals surface area contributed by atoms with Gasteiger partial charge in [0.15, 0.2) is 5.76 Å². The number of hydrogen-bond acceptors (Lipinski definition) is 4. The molecule has 3 heterocycles. The van der Waals surface area contributed by atoms with Gasteiger partial charge in [-0.1, -0.05) is 30.7 Å². The molecule has 1 fully saturated rings. The van der Waals surface area contributed by atoms with E-state index in [0.717, 1.165) is 12.1 Å². The van der Waals surface area contributed by atoms with E-state index >= 15 is 0 Å². The molecular weight excluding hydrogens is 480 g/mol. The van der Waals surface area contributed by atoms with Gasteiger partial charge in [0.05, 0.1) is 23.7 Å². The number of benzene rings is 1. The molecule has 3 amide bonds. The summed E-state index contributed by atoms with van der Waals surface area (Å²) in [7, 11) is 0. The van der Waals surface area contributed by atoms with Gasteiger partial charge in [-0.15, -0.1) is 0 Å². The molecule has 8 nitrogen and oxygen atoms in total. The van der Waals surface area contributed by atoms with Gasteiger partial charge in [-0.2, -0.15) is 0 Å². The summed E-state index contributed by atoms with van der Waals surface area (Å²) in [5.41, 5.74) is 1.44. The van der Waals surface area contributed by atoms with E-state index in [0.29, 0.717) is 62.2 Å². The summed E-state index contributed by atoms with van der Waals surface area (Å²) in [6, 6.07) is 14.5. The number of nitrogens with zero attached hydrogens (tertiary/aromatic N) is 4. The van der Waals surface area contributed by atoms with Crippen LogP contribution in [-0.4, -0.2) is 69.7 Å². The van der Waals surface area contributed by atoms with Gasteiger partial charge in [-0.05, 0) is 42.8 Å². The van der Waals surface area contributed by atoms with Crippen molar-refractivity contribution in [3.8, 4) is 0 Å². The first-order valence-corrected chi connectivity index (χ1v) is 12.6. The summed E-state index contributed by atoms with van der Waals surface area (Å²) in [5.74, 6) is 0.688. The van der Waals surface area contributed by atoms with Crippen molar-refractivity contribution in [2.24, 2.45) is 0 Å². The highest BCUT2D eigenvalue weighted by Gasteiger charge is 2.25. The minimum atomic E-state index is -0.170. The topological polar surface area (TPSA) is 79.0 Å². The van der Waals surface area contributed by atoms with Gasteiger partial charge >= 0.3 is 0 Å². The van der Waals surface area contributed by atoms with E-state index < -0.39 is 0 Å². The van der Waals surface area contributed by atoms with Crippen LogP contribution in [0.4, 0.5) is 0 Å². The van der Waals surface area contributed by atoms with Gasteiger partial charge in [-0.3, -0.25) is 14.4 Å². The highest BCUT2D eigenvalue weighted by atomic mass is 35.5. The SMILES string of the molecule is CCCN(Cc1cccn1Cc1ccc(C(=O)N2CCN(C(C)=O)CC2)o1)C(=O)c1ccccc1Cl. The van der Waals surface area contributed by atoms with Crippen molar-refractivity contribution in [2.75, 3.05) is 32.7 Å². The van der Waals surface area contributed by atoms with Crippen LogP contribution < -0.4 is 0 Å². The van der Waals surface area contributed by atoms with Gasteiger partial charge < -0.3 is 23.7 Å². The van der Waals surface area contributed by atoms with E-state index in [2.05, 4.69) is 0 Å². The summed E-state index contributed by atoms with van der Waals surface area (Å²) in [4.78, 5) is 42.8. The fourth-order valence-electron chi connectivity index (χ4n) is 4.40. The van der Waals surface area contributed by atoms with Crippen LogP contribution in [0.5, 0.6) is 0 Å². The Labute approximate surface area is 216 Å². The molecule has 1 aliphatic heterocycles. The fourth-order valence-corrected chi connectivity index (χ4v) is 4.61. The molecule has 190 valence electrons. The molecule has 36 heavy (non-hydrogen) atoms. The number of rotatable bonds is 8. The molecule has 0 spiro atoms. The Balaban J connectivity index is 1.42. The molecule has 0 unspecified atom stereocenters. The third-order valence-corrected chi connectivity index (χ3v) is 6.70.